The lowest BCUT2D eigenvalue weighted by Crippen LogP contribution is -2.51. The van der Waals surface area contributed by atoms with E-state index in [-0.39, 0.29) is 11.8 Å². The van der Waals surface area contributed by atoms with E-state index in [9.17, 15) is 9.59 Å². The summed E-state index contributed by atoms with van der Waals surface area (Å²) in [5.41, 5.74) is 6.13. The summed E-state index contributed by atoms with van der Waals surface area (Å²) in [5.74, 6) is -0.211. The number of nitrogens with zero attached hydrogens (tertiary/aromatic N) is 1. The SMILES string of the molecule is CC[C@H](C)[C@H](NC(N)=O)C(=O)NCc1ccc(-c2csc(C)n2)s1. The molecule has 0 radical (unpaired) electrons. The normalized spacial score (nSPS) is 13.3. The Bertz CT molecular complexity index is 711. The largest absolute Gasteiger partial charge is 0.352 e. The number of nitrogens with one attached hydrogen (secondary N) is 2. The fourth-order valence-electron chi connectivity index (χ4n) is 2.23. The van der Waals surface area contributed by atoms with Crippen LogP contribution in [0.2, 0.25) is 0 Å². The molecule has 2 aromatic heterocycles. The number of nitrogens with two attached hydrogens (primary N) is 1. The Kier molecular flexibility index (Phi) is 6.33. The Labute approximate surface area is 149 Å². The fraction of sp³-hybridized carbons (Fsp3) is 0.438. The summed E-state index contributed by atoms with van der Waals surface area (Å²) in [4.78, 5) is 30.0. The third-order valence-electron chi connectivity index (χ3n) is 3.76. The highest BCUT2D eigenvalue weighted by Gasteiger charge is 2.24. The van der Waals surface area contributed by atoms with Gasteiger partial charge in [0.2, 0.25) is 5.91 Å². The minimum Gasteiger partial charge on any atom is -0.352 e. The van der Waals surface area contributed by atoms with E-state index >= 15 is 0 Å². The standard InChI is InChI=1S/C16H22N4O2S2/c1-4-9(2)14(20-16(17)22)15(21)18-7-11-5-6-13(24-11)12-8-23-10(3)19-12/h5-6,8-9,14H,4,7H2,1-3H3,(H,18,21)(H3,17,20,22)/t9-,14-/m0/s1. The van der Waals surface area contributed by atoms with Crippen molar-refractivity contribution in [1.29, 1.82) is 0 Å². The predicted molar refractivity (Wildman–Crippen MR) is 98.0 cm³/mol. The van der Waals surface area contributed by atoms with Crippen LogP contribution in [0.1, 0.15) is 30.2 Å². The van der Waals surface area contributed by atoms with Gasteiger partial charge in [-0.25, -0.2) is 9.78 Å². The first-order chi connectivity index (χ1) is 11.4. The number of thiophene rings is 1. The average molecular weight is 367 g/mol. The zero-order valence-corrected chi connectivity index (χ0v) is 15.6. The van der Waals surface area contributed by atoms with Crippen molar-refractivity contribution >= 4 is 34.6 Å². The molecule has 0 saturated carbocycles. The van der Waals surface area contributed by atoms with Gasteiger partial charge in [-0.2, -0.15) is 0 Å². The van der Waals surface area contributed by atoms with Crippen molar-refractivity contribution in [1.82, 2.24) is 15.6 Å². The zero-order chi connectivity index (χ0) is 17.7. The zero-order valence-electron chi connectivity index (χ0n) is 14.0. The number of hydrogen-bond donors (Lipinski definition) is 3. The second-order valence-corrected chi connectivity index (χ2v) is 7.84. The Morgan fingerprint density at radius 1 is 1.38 bits per heavy atom. The summed E-state index contributed by atoms with van der Waals surface area (Å²) in [6, 6.07) is 2.68. The van der Waals surface area contributed by atoms with E-state index < -0.39 is 12.1 Å². The lowest BCUT2D eigenvalue weighted by atomic mass is 9.98. The molecule has 2 rings (SSSR count). The Hall–Kier alpha value is -1.93. The number of carbonyl (C=O) groups is 2. The van der Waals surface area contributed by atoms with Crippen LogP contribution in [-0.4, -0.2) is 23.0 Å². The van der Waals surface area contributed by atoms with Crippen LogP contribution in [0.5, 0.6) is 0 Å². The summed E-state index contributed by atoms with van der Waals surface area (Å²) in [5, 5.41) is 8.45. The van der Waals surface area contributed by atoms with E-state index in [4.69, 9.17) is 5.73 Å². The van der Waals surface area contributed by atoms with Crippen LogP contribution in [0.15, 0.2) is 17.5 Å². The highest BCUT2D eigenvalue weighted by atomic mass is 32.1. The van der Waals surface area contributed by atoms with Crippen molar-refractivity contribution in [2.75, 3.05) is 0 Å². The smallest absolute Gasteiger partial charge is 0.312 e. The van der Waals surface area contributed by atoms with Crippen molar-refractivity contribution in [3.8, 4) is 10.6 Å². The van der Waals surface area contributed by atoms with Gasteiger partial charge < -0.3 is 16.4 Å². The maximum Gasteiger partial charge on any atom is 0.312 e. The number of hydrogen-bond acceptors (Lipinski definition) is 5. The highest BCUT2D eigenvalue weighted by molar-refractivity contribution is 7.16. The molecule has 3 amide bonds. The molecule has 0 fully saturated rings. The van der Waals surface area contributed by atoms with Crippen LogP contribution in [0, 0.1) is 12.8 Å². The van der Waals surface area contributed by atoms with Crippen LogP contribution >= 0.6 is 22.7 Å². The number of thiazole rings is 1. The minimum absolute atomic E-state index is 0.00868. The van der Waals surface area contributed by atoms with Crippen LogP contribution in [0.4, 0.5) is 4.79 Å². The molecule has 0 aliphatic heterocycles. The van der Waals surface area contributed by atoms with Crippen LogP contribution in [0.3, 0.4) is 0 Å². The van der Waals surface area contributed by atoms with E-state index in [1.807, 2.05) is 38.3 Å². The van der Waals surface area contributed by atoms with E-state index in [0.29, 0.717) is 6.54 Å². The van der Waals surface area contributed by atoms with Crippen molar-refractivity contribution in [2.45, 2.75) is 39.8 Å². The molecule has 6 nitrogen and oxygen atoms in total. The molecule has 0 bridgehead atoms. The Morgan fingerprint density at radius 2 is 2.12 bits per heavy atom. The number of amides is 3. The third-order valence-corrected chi connectivity index (χ3v) is 5.64. The first-order valence-corrected chi connectivity index (χ1v) is 9.45. The number of carbonyl (C=O) groups excluding carboxylic acids is 2. The van der Waals surface area contributed by atoms with Gasteiger partial charge >= 0.3 is 6.03 Å². The Morgan fingerprint density at radius 3 is 2.71 bits per heavy atom. The summed E-state index contributed by atoms with van der Waals surface area (Å²) in [6.07, 6.45) is 0.769. The molecule has 8 heteroatoms. The number of rotatable bonds is 7. The molecule has 4 N–H and O–H groups in total. The van der Waals surface area contributed by atoms with E-state index in [1.165, 1.54) is 0 Å². The topological polar surface area (TPSA) is 97.1 Å². The lowest BCUT2D eigenvalue weighted by molar-refractivity contribution is -0.124. The van der Waals surface area contributed by atoms with Crippen LogP contribution in [0.25, 0.3) is 10.6 Å². The number of urea groups is 1. The second-order valence-electron chi connectivity index (χ2n) is 5.61. The van der Waals surface area contributed by atoms with Gasteiger partial charge in [-0.1, -0.05) is 20.3 Å². The van der Waals surface area contributed by atoms with Gasteiger partial charge in [0.05, 0.1) is 22.1 Å². The fourth-order valence-corrected chi connectivity index (χ4v) is 3.82. The molecule has 0 aliphatic carbocycles. The average Bonchev–Trinajstić information content (AvgIpc) is 3.18. The van der Waals surface area contributed by atoms with Gasteiger partial charge in [0.15, 0.2) is 0 Å². The molecule has 0 unspecified atom stereocenters. The molecule has 24 heavy (non-hydrogen) atoms. The van der Waals surface area contributed by atoms with Crippen LogP contribution < -0.4 is 16.4 Å². The number of aromatic nitrogens is 1. The van der Waals surface area contributed by atoms with Gasteiger partial charge in [-0.15, -0.1) is 22.7 Å². The van der Waals surface area contributed by atoms with E-state index in [0.717, 1.165) is 26.9 Å². The highest BCUT2D eigenvalue weighted by Crippen LogP contribution is 2.28. The van der Waals surface area contributed by atoms with Crippen molar-refractivity contribution < 1.29 is 9.59 Å². The molecule has 0 aromatic carbocycles. The summed E-state index contributed by atoms with van der Waals surface area (Å²) in [7, 11) is 0. The van der Waals surface area contributed by atoms with Gasteiger partial charge in [0.1, 0.15) is 6.04 Å². The summed E-state index contributed by atoms with van der Waals surface area (Å²) >= 11 is 3.21. The van der Waals surface area contributed by atoms with Gasteiger partial charge in [-0.3, -0.25) is 4.79 Å². The maximum absolute atomic E-state index is 12.3. The van der Waals surface area contributed by atoms with Crippen molar-refractivity contribution in [3.63, 3.8) is 0 Å². The molecule has 2 heterocycles. The molecule has 2 aromatic rings. The van der Waals surface area contributed by atoms with Crippen molar-refractivity contribution in [2.24, 2.45) is 11.7 Å². The maximum atomic E-state index is 12.3. The molecule has 2 atom stereocenters. The summed E-state index contributed by atoms with van der Waals surface area (Å²) < 4.78 is 0. The molecular weight excluding hydrogens is 344 g/mol. The van der Waals surface area contributed by atoms with Gasteiger partial charge in [0.25, 0.3) is 0 Å². The Balaban J connectivity index is 1.97. The predicted octanol–water partition coefficient (Wildman–Crippen LogP) is 2.88. The lowest BCUT2D eigenvalue weighted by Gasteiger charge is -2.22. The molecular formula is C16H22N4O2S2. The van der Waals surface area contributed by atoms with Gasteiger partial charge in [-0.05, 0) is 25.0 Å². The number of primary amides is 1. The number of aryl methyl sites for hydroxylation is 1. The van der Waals surface area contributed by atoms with Gasteiger partial charge in [0, 0.05) is 10.3 Å². The first kappa shape index (κ1) is 18.4. The van der Waals surface area contributed by atoms with E-state index in [2.05, 4.69) is 15.6 Å². The first-order valence-electron chi connectivity index (χ1n) is 7.75. The monoisotopic (exact) mass is 366 g/mol. The van der Waals surface area contributed by atoms with Crippen LogP contribution in [-0.2, 0) is 11.3 Å². The molecule has 0 spiro atoms. The van der Waals surface area contributed by atoms with Crippen molar-refractivity contribution in [3.05, 3.63) is 27.4 Å². The van der Waals surface area contributed by atoms with E-state index in [1.54, 1.807) is 22.7 Å². The molecule has 130 valence electrons. The second kappa shape index (κ2) is 8.25. The third kappa shape index (κ3) is 4.78. The minimum atomic E-state index is -0.687. The quantitative estimate of drug-likeness (QED) is 0.703. The summed E-state index contributed by atoms with van der Waals surface area (Å²) in [6.45, 7) is 6.27. The molecule has 0 saturated heterocycles. The molecule has 0 aliphatic rings.